The maximum absolute atomic E-state index is 9.32. The fourth-order valence-electron chi connectivity index (χ4n) is 3.71. The van der Waals surface area contributed by atoms with E-state index >= 15 is 0 Å². The molecule has 3 aromatic carbocycles. The maximum atomic E-state index is 9.32. The molecule has 0 bridgehead atoms. The normalized spacial score (nSPS) is 10.7. The van der Waals surface area contributed by atoms with E-state index in [1.54, 1.807) is 0 Å². The predicted octanol–water partition coefficient (Wildman–Crippen LogP) is 5.66. The van der Waals surface area contributed by atoms with Crippen LogP contribution in [0.3, 0.4) is 0 Å². The van der Waals surface area contributed by atoms with Crippen LogP contribution in [0, 0.1) is 17.9 Å². The fourth-order valence-corrected chi connectivity index (χ4v) is 3.71. The minimum atomic E-state index is 0.156. The van der Waals surface area contributed by atoms with Gasteiger partial charge in [-0.1, -0.05) is 60.1 Å². The molecular weight excluding hydrogens is 358 g/mol. The summed E-state index contributed by atoms with van der Waals surface area (Å²) in [4.78, 5) is 12.1. The van der Waals surface area contributed by atoms with Gasteiger partial charge >= 0.3 is 0 Å². The molecule has 5 nitrogen and oxygen atoms in total. The molecule has 0 aliphatic rings. The summed E-state index contributed by atoms with van der Waals surface area (Å²) in [7, 11) is 0. The molecule has 0 fully saturated rings. The quantitative estimate of drug-likeness (QED) is 0.376. The van der Waals surface area contributed by atoms with Crippen LogP contribution in [0.1, 0.15) is 5.69 Å². The van der Waals surface area contributed by atoms with Gasteiger partial charge in [-0.25, -0.2) is 0 Å². The number of rotatable bonds is 2. The number of fused-ring (bicyclic) bond motifs is 3. The summed E-state index contributed by atoms with van der Waals surface area (Å²) in [6.07, 6.45) is 0. The highest BCUT2D eigenvalue weighted by molar-refractivity contribution is 6.09. The maximum Gasteiger partial charge on any atom is 0.274 e. The molecule has 5 aromatic rings. The van der Waals surface area contributed by atoms with Gasteiger partial charge < -0.3 is 9.41 Å². The van der Waals surface area contributed by atoms with Gasteiger partial charge in [0.1, 0.15) is 11.8 Å². The molecule has 0 saturated heterocycles. The van der Waals surface area contributed by atoms with Gasteiger partial charge in [0.15, 0.2) is 0 Å². The van der Waals surface area contributed by atoms with E-state index in [0.717, 1.165) is 33.1 Å². The molecule has 0 aliphatic carbocycles. The van der Waals surface area contributed by atoms with Crippen molar-refractivity contribution in [2.45, 2.75) is 0 Å². The molecule has 134 valence electrons. The van der Waals surface area contributed by atoms with Crippen molar-refractivity contribution < 1.29 is 0 Å². The summed E-state index contributed by atoms with van der Waals surface area (Å²) in [6.45, 7) is 7.30. The number of hydrogen-bond donors (Lipinski definition) is 0. The Hall–Kier alpha value is -4.48. The Morgan fingerprint density at radius 1 is 0.828 bits per heavy atom. The molecule has 5 heteroatoms. The topological polar surface area (TPSA) is 58.9 Å². The zero-order chi connectivity index (χ0) is 19.8. The van der Waals surface area contributed by atoms with Crippen LogP contribution in [0.5, 0.6) is 0 Å². The summed E-state index contributed by atoms with van der Waals surface area (Å²) >= 11 is 0. The van der Waals surface area contributed by atoms with Gasteiger partial charge in [0.2, 0.25) is 0 Å². The van der Waals surface area contributed by atoms with Crippen molar-refractivity contribution in [3.63, 3.8) is 0 Å². The average molecular weight is 371 g/mol. The number of benzene rings is 3. The van der Waals surface area contributed by atoms with Crippen molar-refractivity contribution in [1.82, 2.24) is 14.5 Å². The van der Waals surface area contributed by atoms with Gasteiger partial charge in [0, 0.05) is 16.8 Å². The Kier molecular flexibility index (Phi) is 3.79. The van der Waals surface area contributed by atoms with Crippen molar-refractivity contribution in [2.24, 2.45) is 0 Å². The van der Waals surface area contributed by atoms with E-state index in [-0.39, 0.29) is 11.5 Å². The van der Waals surface area contributed by atoms with Gasteiger partial charge in [0.25, 0.3) is 11.6 Å². The zero-order valence-electron chi connectivity index (χ0n) is 15.2. The highest BCUT2D eigenvalue weighted by Crippen LogP contribution is 2.35. The van der Waals surface area contributed by atoms with Gasteiger partial charge in [-0.05, 0) is 24.3 Å². The van der Waals surface area contributed by atoms with E-state index in [4.69, 9.17) is 6.57 Å². The first-order chi connectivity index (χ1) is 14.3. The Labute approximate surface area is 166 Å². The lowest BCUT2D eigenvalue weighted by Gasteiger charge is -2.11. The number of para-hydroxylation sites is 3. The van der Waals surface area contributed by atoms with E-state index in [1.165, 1.54) is 6.07 Å². The van der Waals surface area contributed by atoms with Crippen LogP contribution in [-0.2, 0) is 0 Å². The molecule has 2 heterocycles. The highest BCUT2D eigenvalue weighted by atomic mass is 15.0. The van der Waals surface area contributed by atoms with Gasteiger partial charge in [-0.15, -0.1) is 0 Å². The zero-order valence-corrected chi connectivity index (χ0v) is 15.2. The Morgan fingerprint density at radius 3 is 2.10 bits per heavy atom. The standard InChI is InChI=1S/C24H13N5/c1-26-23-14-16(15-25)27-24(28-23)19-10-4-7-13-22(19)29-20-11-5-2-8-17(20)18-9-3-6-12-21(18)29/h2-14H. The number of aromatic nitrogens is 3. The van der Waals surface area contributed by atoms with Crippen LogP contribution >= 0.6 is 0 Å². The van der Waals surface area contributed by atoms with E-state index < -0.39 is 0 Å². The molecular formula is C24H13N5. The summed E-state index contributed by atoms with van der Waals surface area (Å²) in [5, 5.41) is 11.6. The Morgan fingerprint density at radius 2 is 1.45 bits per heavy atom. The van der Waals surface area contributed by atoms with Crippen LogP contribution in [0.4, 0.5) is 5.82 Å². The Bertz CT molecular complexity index is 1400. The van der Waals surface area contributed by atoms with E-state index in [2.05, 4.69) is 43.6 Å². The van der Waals surface area contributed by atoms with Crippen LogP contribution < -0.4 is 0 Å². The lowest BCUT2D eigenvalue weighted by molar-refractivity contribution is 1.13. The van der Waals surface area contributed by atoms with Crippen molar-refractivity contribution in [2.75, 3.05) is 0 Å². The minimum Gasteiger partial charge on any atom is -0.360 e. The molecule has 29 heavy (non-hydrogen) atoms. The van der Waals surface area contributed by atoms with Crippen molar-refractivity contribution in [1.29, 1.82) is 5.26 Å². The largest absolute Gasteiger partial charge is 0.360 e. The third kappa shape index (κ3) is 2.62. The lowest BCUT2D eigenvalue weighted by atomic mass is 10.1. The number of nitriles is 1. The minimum absolute atomic E-state index is 0.156. The molecule has 0 unspecified atom stereocenters. The first-order valence-electron chi connectivity index (χ1n) is 9.05. The first kappa shape index (κ1) is 16.7. The van der Waals surface area contributed by atoms with Crippen molar-refractivity contribution in [3.8, 4) is 23.1 Å². The molecule has 0 atom stereocenters. The van der Waals surface area contributed by atoms with E-state index in [9.17, 15) is 5.26 Å². The second-order valence-electron chi connectivity index (χ2n) is 6.55. The van der Waals surface area contributed by atoms with Crippen molar-refractivity contribution in [3.05, 3.63) is 96.0 Å². The fraction of sp³-hybridized carbons (Fsp3) is 0. The third-order valence-corrected chi connectivity index (χ3v) is 4.91. The summed E-state index contributed by atoms with van der Waals surface area (Å²) in [5.74, 6) is 0.524. The summed E-state index contributed by atoms with van der Waals surface area (Å²) in [5.41, 5.74) is 3.99. The van der Waals surface area contributed by atoms with Crippen LogP contribution in [0.15, 0.2) is 78.9 Å². The predicted molar refractivity (Wildman–Crippen MR) is 113 cm³/mol. The SMILES string of the molecule is [C-]#[N+]c1cc(C#N)nc(-c2ccccc2-n2c3ccccc3c3ccccc32)n1. The number of nitrogens with zero attached hydrogens (tertiary/aromatic N) is 5. The second-order valence-corrected chi connectivity index (χ2v) is 6.55. The van der Waals surface area contributed by atoms with Gasteiger partial charge in [-0.2, -0.15) is 10.2 Å². The molecule has 0 saturated carbocycles. The van der Waals surface area contributed by atoms with Crippen LogP contribution in [-0.4, -0.2) is 14.5 Å². The van der Waals surface area contributed by atoms with Crippen LogP contribution in [0.25, 0.3) is 43.7 Å². The molecule has 5 rings (SSSR count). The van der Waals surface area contributed by atoms with E-state index in [1.807, 2.05) is 54.6 Å². The van der Waals surface area contributed by atoms with Gasteiger partial charge in [-0.3, -0.25) is 0 Å². The Balaban J connectivity index is 1.88. The molecule has 2 aromatic heterocycles. The third-order valence-electron chi connectivity index (χ3n) is 4.91. The molecule has 0 aliphatic heterocycles. The number of hydrogen-bond acceptors (Lipinski definition) is 3. The molecule has 0 radical (unpaired) electrons. The summed E-state index contributed by atoms with van der Waals surface area (Å²) < 4.78 is 2.18. The van der Waals surface area contributed by atoms with Crippen LogP contribution in [0.2, 0.25) is 0 Å². The van der Waals surface area contributed by atoms with Crippen molar-refractivity contribution >= 4 is 27.6 Å². The van der Waals surface area contributed by atoms with Gasteiger partial charge in [0.05, 0.1) is 22.3 Å². The average Bonchev–Trinajstić information content (AvgIpc) is 3.13. The molecule has 0 amide bonds. The summed E-state index contributed by atoms with van der Waals surface area (Å²) in [6, 6.07) is 27.7. The van der Waals surface area contributed by atoms with E-state index in [0.29, 0.717) is 5.82 Å². The monoisotopic (exact) mass is 371 g/mol. The smallest absolute Gasteiger partial charge is 0.274 e. The lowest BCUT2D eigenvalue weighted by Crippen LogP contribution is -2.00. The molecule has 0 N–H and O–H groups in total. The molecule has 0 spiro atoms. The second kappa shape index (κ2) is 6.60. The highest BCUT2D eigenvalue weighted by Gasteiger charge is 2.18. The first-order valence-corrected chi connectivity index (χ1v) is 9.05.